The lowest BCUT2D eigenvalue weighted by Gasteiger charge is -2.35. The highest BCUT2D eigenvalue weighted by Crippen LogP contribution is 2.34. The van der Waals surface area contributed by atoms with E-state index in [0.29, 0.717) is 43.8 Å². The molecule has 1 fully saturated rings. The molecule has 130 valence electrons. The fourth-order valence-electron chi connectivity index (χ4n) is 3.34. The summed E-state index contributed by atoms with van der Waals surface area (Å²) in [6.45, 7) is 1.41. The van der Waals surface area contributed by atoms with Gasteiger partial charge in [0.05, 0.1) is 25.2 Å². The normalized spacial score (nSPS) is 21.3. The number of carbonyl (C=O) groups is 2. The summed E-state index contributed by atoms with van der Waals surface area (Å²) in [5.74, 6) is -1.38. The van der Waals surface area contributed by atoms with Gasteiger partial charge in [-0.05, 0) is 30.5 Å². The molecule has 0 bridgehead atoms. The lowest BCUT2D eigenvalue weighted by molar-refractivity contribution is -0.137. The lowest BCUT2D eigenvalue weighted by atomic mass is 9.88. The molecule has 6 nitrogen and oxygen atoms in total. The summed E-state index contributed by atoms with van der Waals surface area (Å²) < 4.78 is 18.9. The predicted octanol–water partition coefficient (Wildman–Crippen LogP) is 1.25. The first-order chi connectivity index (χ1) is 11.6. The van der Waals surface area contributed by atoms with Crippen LogP contribution in [0.3, 0.4) is 0 Å². The van der Waals surface area contributed by atoms with Gasteiger partial charge in [0.2, 0.25) is 11.8 Å². The van der Waals surface area contributed by atoms with Gasteiger partial charge in [0, 0.05) is 25.2 Å². The molecule has 0 spiro atoms. The first-order valence-electron chi connectivity index (χ1n) is 8.19. The Morgan fingerprint density at radius 1 is 1.38 bits per heavy atom. The summed E-state index contributed by atoms with van der Waals surface area (Å²) >= 11 is 0. The molecule has 1 atom stereocenters. The Kier molecular flexibility index (Phi) is 5.11. The number of hydrogen-bond acceptors (Lipinski definition) is 4. The molecule has 2 heterocycles. The van der Waals surface area contributed by atoms with Crippen molar-refractivity contribution in [2.45, 2.75) is 31.3 Å². The van der Waals surface area contributed by atoms with Crippen LogP contribution >= 0.6 is 0 Å². The van der Waals surface area contributed by atoms with Crippen LogP contribution in [0, 0.1) is 5.82 Å². The number of hydrogen-bond donors (Lipinski definition) is 2. The van der Waals surface area contributed by atoms with Gasteiger partial charge in [-0.25, -0.2) is 4.39 Å². The number of ether oxygens (including phenoxy) is 1. The number of aliphatic hydroxyl groups excluding tert-OH is 1. The van der Waals surface area contributed by atoms with Crippen molar-refractivity contribution in [3.63, 3.8) is 0 Å². The van der Waals surface area contributed by atoms with Crippen molar-refractivity contribution >= 4 is 17.5 Å². The number of amides is 2. The van der Waals surface area contributed by atoms with Crippen molar-refractivity contribution in [3.8, 4) is 0 Å². The van der Waals surface area contributed by atoms with Crippen LogP contribution in [0.15, 0.2) is 18.2 Å². The van der Waals surface area contributed by atoms with Crippen molar-refractivity contribution in [2.75, 3.05) is 31.6 Å². The monoisotopic (exact) mass is 336 g/mol. The highest BCUT2D eigenvalue weighted by atomic mass is 19.1. The smallest absolute Gasteiger partial charge is 0.230 e. The third-order valence-corrected chi connectivity index (χ3v) is 4.55. The molecular formula is C17H21FN2O4. The van der Waals surface area contributed by atoms with Gasteiger partial charge < -0.3 is 20.1 Å². The van der Waals surface area contributed by atoms with Gasteiger partial charge in [0.25, 0.3) is 0 Å². The summed E-state index contributed by atoms with van der Waals surface area (Å²) in [7, 11) is 0. The minimum Gasteiger partial charge on any atom is -0.394 e. The van der Waals surface area contributed by atoms with Crippen molar-refractivity contribution in [1.29, 1.82) is 0 Å². The van der Waals surface area contributed by atoms with Crippen molar-refractivity contribution in [2.24, 2.45) is 0 Å². The van der Waals surface area contributed by atoms with Crippen molar-refractivity contribution < 1.29 is 23.8 Å². The third kappa shape index (κ3) is 3.57. The molecule has 3 rings (SSSR count). The molecule has 0 aromatic heterocycles. The molecule has 1 unspecified atom stereocenters. The van der Waals surface area contributed by atoms with E-state index in [-0.39, 0.29) is 30.9 Å². The summed E-state index contributed by atoms with van der Waals surface area (Å²) in [6.07, 6.45) is 1.55. The van der Waals surface area contributed by atoms with Crippen LogP contribution in [0.25, 0.3) is 0 Å². The van der Waals surface area contributed by atoms with Gasteiger partial charge in [-0.2, -0.15) is 0 Å². The Bertz CT molecular complexity index is 629. The number of halogens is 1. The van der Waals surface area contributed by atoms with E-state index in [0.717, 1.165) is 0 Å². The van der Waals surface area contributed by atoms with Crippen LogP contribution in [0.2, 0.25) is 0 Å². The molecule has 1 aromatic carbocycles. The van der Waals surface area contributed by atoms with Gasteiger partial charge in [-0.3, -0.25) is 9.59 Å². The van der Waals surface area contributed by atoms with Crippen LogP contribution in [0.1, 0.15) is 30.7 Å². The van der Waals surface area contributed by atoms with E-state index in [1.54, 1.807) is 11.0 Å². The zero-order valence-corrected chi connectivity index (χ0v) is 13.3. The quantitative estimate of drug-likeness (QED) is 0.867. The molecule has 24 heavy (non-hydrogen) atoms. The molecule has 2 amide bonds. The zero-order valence-electron chi connectivity index (χ0n) is 13.3. The zero-order chi connectivity index (χ0) is 17.1. The Morgan fingerprint density at radius 3 is 2.83 bits per heavy atom. The van der Waals surface area contributed by atoms with E-state index in [4.69, 9.17) is 9.84 Å². The van der Waals surface area contributed by atoms with E-state index in [9.17, 15) is 14.0 Å². The van der Waals surface area contributed by atoms with E-state index in [1.165, 1.54) is 12.1 Å². The van der Waals surface area contributed by atoms with E-state index in [2.05, 4.69) is 5.32 Å². The van der Waals surface area contributed by atoms with Crippen LogP contribution in [0.5, 0.6) is 0 Å². The minimum absolute atomic E-state index is 0.0102. The van der Waals surface area contributed by atoms with Gasteiger partial charge in [0.15, 0.2) is 0 Å². The fraction of sp³-hybridized carbons (Fsp3) is 0.529. The highest BCUT2D eigenvalue weighted by molar-refractivity contribution is 6.01. The average Bonchev–Trinajstić information content (AvgIpc) is 2.58. The first-order valence-corrected chi connectivity index (χ1v) is 8.19. The summed E-state index contributed by atoms with van der Waals surface area (Å²) in [6, 6.07) is 4.14. The molecule has 0 saturated carbocycles. The second-order valence-corrected chi connectivity index (χ2v) is 6.16. The molecule has 2 N–H and O–H groups in total. The summed E-state index contributed by atoms with van der Waals surface area (Å²) in [4.78, 5) is 26.4. The fourth-order valence-corrected chi connectivity index (χ4v) is 3.34. The molecule has 2 aliphatic rings. The molecule has 0 radical (unpaired) electrons. The van der Waals surface area contributed by atoms with Gasteiger partial charge in [-0.15, -0.1) is 0 Å². The van der Waals surface area contributed by atoms with E-state index in [1.807, 2.05) is 0 Å². The molecule has 2 aliphatic heterocycles. The second kappa shape index (κ2) is 7.27. The first kappa shape index (κ1) is 16.9. The van der Waals surface area contributed by atoms with Crippen LogP contribution in [0.4, 0.5) is 10.1 Å². The molecule has 1 saturated heterocycles. The van der Waals surface area contributed by atoms with Crippen LogP contribution in [-0.4, -0.2) is 54.2 Å². The number of piperidine rings is 1. The standard InChI is InChI=1S/C17H21FN2O4/c18-11-1-2-13-14(10-16(22)19-15(13)9-11)17(23)20-5-3-12(4-6-20)24-8-7-21/h1-2,9,12,14,21H,3-8,10H2,(H,19,22). The van der Waals surface area contributed by atoms with Crippen molar-refractivity contribution in [3.05, 3.63) is 29.6 Å². The van der Waals surface area contributed by atoms with Gasteiger partial charge >= 0.3 is 0 Å². The minimum atomic E-state index is -0.565. The maximum absolute atomic E-state index is 13.4. The number of likely N-dealkylation sites (tertiary alicyclic amines) is 1. The largest absolute Gasteiger partial charge is 0.394 e. The van der Waals surface area contributed by atoms with Crippen molar-refractivity contribution in [1.82, 2.24) is 4.90 Å². The Morgan fingerprint density at radius 2 is 2.12 bits per heavy atom. The molecule has 1 aromatic rings. The number of anilines is 1. The SMILES string of the molecule is O=C1CC(C(=O)N2CCC(OCCO)CC2)c2ccc(F)cc2N1. The Labute approximate surface area is 139 Å². The average molecular weight is 336 g/mol. The topological polar surface area (TPSA) is 78.9 Å². The number of fused-ring (bicyclic) bond motifs is 1. The lowest BCUT2D eigenvalue weighted by Crippen LogP contribution is -2.44. The number of benzene rings is 1. The summed E-state index contributed by atoms with van der Waals surface area (Å²) in [5.41, 5.74) is 1.05. The van der Waals surface area contributed by atoms with E-state index >= 15 is 0 Å². The Hall–Kier alpha value is -1.99. The summed E-state index contributed by atoms with van der Waals surface area (Å²) in [5, 5.41) is 11.4. The predicted molar refractivity (Wildman–Crippen MR) is 85.0 cm³/mol. The third-order valence-electron chi connectivity index (χ3n) is 4.55. The molecule has 7 heteroatoms. The Balaban J connectivity index is 1.69. The van der Waals surface area contributed by atoms with Crippen LogP contribution < -0.4 is 5.32 Å². The van der Waals surface area contributed by atoms with Crippen LogP contribution in [-0.2, 0) is 14.3 Å². The second-order valence-electron chi connectivity index (χ2n) is 6.16. The number of aliphatic hydroxyl groups is 1. The number of nitrogens with zero attached hydrogens (tertiary/aromatic N) is 1. The number of carbonyl (C=O) groups excluding carboxylic acids is 2. The van der Waals surface area contributed by atoms with Gasteiger partial charge in [-0.1, -0.05) is 6.07 Å². The van der Waals surface area contributed by atoms with Gasteiger partial charge in [0.1, 0.15) is 5.82 Å². The number of nitrogens with one attached hydrogen (secondary N) is 1. The molecular weight excluding hydrogens is 315 g/mol. The van der Waals surface area contributed by atoms with E-state index < -0.39 is 11.7 Å². The highest BCUT2D eigenvalue weighted by Gasteiger charge is 2.35. The maximum atomic E-state index is 13.4. The number of rotatable bonds is 4. The molecule has 0 aliphatic carbocycles. The maximum Gasteiger partial charge on any atom is 0.230 e.